The normalized spacial score (nSPS) is 13.5. The SMILES string of the molecule is C[C@@H](O)c1ccn2ccnc2n1. The maximum Gasteiger partial charge on any atom is 0.233 e. The molecule has 2 aromatic rings. The van der Waals surface area contributed by atoms with Crippen LogP contribution in [-0.2, 0) is 0 Å². The van der Waals surface area contributed by atoms with Gasteiger partial charge in [-0.05, 0) is 13.0 Å². The number of fused-ring (bicyclic) bond motifs is 1. The van der Waals surface area contributed by atoms with E-state index in [1.165, 1.54) is 0 Å². The van der Waals surface area contributed by atoms with Crippen molar-refractivity contribution in [3.05, 3.63) is 30.4 Å². The fraction of sp³-hybridized carbons (Fsp3) is 0.250. The number of hydrogen-bond acceptors (Lipinski definition) is 3. The second kappa shape index (κ2) is 2.57. The van der Waals surface area contributed by atoms with E-state index >= 15 is 0 Å². The molecule has 0 bridgehead atoms. The minimum absolute atomic E-state index is 0.535. The van der Waals surface area contributed by atoms with Crippen molar-refractivity contribution in [1.82, 2.24) is 14.4 Å². The van der Waals surface area contributed by atoms with E-state index in [4.69, 9.17) is 0 Å². The van der Waals surface area contributed by atoms with Gasteiger partial charge in [-0.25, -0.2) is 9.97 Å². The predicted molar refractivity (Wildman–Crippen MR) is 43.6 cm³/mol. The lowest BCUT2D eigenvalue weighted by molar-refractivity contribution is 0.194. The molecule has 1 atom stereocenters. The van der Waals surface area contributed by atoms with E-state index in [-0.39, 0.29) is 0 Å². The fourth-order valence-electron chi connectivity index (χ4n) is 1.05. The Hall–Kier alpha value is -1.42. The maximum absolute atomic E-state index is 9.22. The zero-order valence-corrected chi connectivity index (χ0v) is 6.68. The first-order valence-corrected chi connectivity index (χ1v) is 3.75. The third kappa shape index (κ3) is 1.06. The summed E-state index contributed by atoms with van der Waals surface area (Å²) in [6.45, 7) is 1.68. The molecule has 0 spiro atoms. The molecule has 4 heteroatoms. The zero-order valence-electron chi connectivity index (χ0n) is 6.68. The van der Waals surface area contributed by atoms with Crippen molar-refractivity contribution in [3.63, 3.8) is 0 Å². The highest BCUT2D eigenvalue weighted by molar-refractivity contribution is 5.29. The smallest absolute Gasteiger partial charge is 0.233 e. The number of nitrogens with zero attached hydrogens (tertiary/aromatic N) is 3. The summed E-state index contributed by atoms with van der Waals surface area (Å²) < 4.78 is 1.80. The molecule has 0 aliphatic heterocycles. The highest BCUT2D eigenvalue weighted by Gasteiger charge is 2.03. The van der Waals surface area contributed by atoms with Gasteiger partial charge in [-0.15, -0.1) is 0 Å². The Morgan fingerprint density at radius 2 is 2.33 bits per heavy atom. The third-order valence-corrected chi connectivity index (χ3v) is 1.71. The number of hydrogen-bond donors (Lipinski definition) is 1. The average Bonchev–Trinajstić information content (AvgIpc) is 2.49. The van der Waals surface area contributed by atoms with Crippen LogP contribution in [0.4, 0.5) is 0 Å². The molecule has 0 aromatic carbocycles. The number of aliphatic hydroxyl groups is 1. The molecule has 4 nitrogen and oxygen atoms in total. The van der Waals surface area contributed by atoms with Crippen LogP contribution in [0.2, 0.25) is 0 Å². The van der Waals surface area contributed by atoms with E-state index in [0.29, 0.717) is 11.5 Å². The highest BCUT2D eigenvalue weighted by atomic mass is 16.3. The summed E-state index contributed by atoms with van der Waals surface area (Å²) in [6.07, 6.45) is 4.78. The second-order valence-corrected chi connectivity index (χ2v) is 2.66. The number of aliphatic hydroxyl groups excluding tert-OH is 1. The van der Waals surface area contributed by atoms with E-state index in [1.807, 2.05) is 12.4 Å². The molecular formula is C8H9N3O. The largest absolute Gasteiger partial charge is 0.387 e. The Morgan fingerprint density at radius 1 is 1.50 bits per heavy atom. The van der Waals surface area contributed by atoms with Gasteiger partial charge in [0.2, 0.25) is 5.78 Å². The van der Waals surface area contributed by atoms with Gasteiger partial charge in [0.25, 0.3) is 0 Å². The summed E-state index contributed by atoms with van der Waals surface area (Å²) in [6, 6.07) is 1.78. The Morgan fingerprint density at radius 3 is 3.08 bits per heavy atom. The second-order valence-electron chi connectivity index (χ2n) is 2.66. The molecule has 0 aliphatic rings. The lowest BCUT2D eigenvalue weighted by Gasteiger charge is -2.02. The van der Waals surface area contributed by atoms with Gasteiger partial charge in [-0.2, -0.15) is 0 Å². The number of aromatic nitrogens is 3. The van der Waals surface area contributed by atoms with Crippen molar-refractivity contribution in [2.24, 2.45) is 0 Å². The molecule has 0 amide bonds. The minimum atomic E-state index is -0.535. The standard InChI is InChI=1S/C8H9N3O/c1-6(12)7-2-4-11-5-3-9-8(11)10-7/h2-6,12H,1H3/t6-/m1/s1. The van der Waals surface area contributed by atoms with Crippen LogP contribution in [-0.4, -0.2) is 19.5 Å². The fourth-order valence-corrected chi connectivity index (χ4v) is 1.05. The van der Waals surface area contributed by atoms with Crippen LogP contribution in [0.1, 0.15) is 18.7 Å². The summed E-state index contributed by atoms with van der Waals surface area (Å²) >= 11 is 0. The molecule has 0 unspecified atom stereocenters. The quantitative estimate of drug-likeness (QED) is 0.676. The molecule has 0 radical (unpaired) electrons. The summed E-state index contributed by atoms with van der Waals surface area (Å²) in [4.78, 5) is 8.14. The molecule has 2 aromatic heterocycles. The Labute approximate surface area is 69.5 Å². The van der Waals surface area contributed by atoms with Gasteiger partial charge in [0.1, 0.15) is 0 Å². The number of imidazole rings is 1. The van der Waals surface area contributed by atoms with E-state index in [1.54, 1.807) is 23.6 Å². The molecule has 0 saturated carbocycles. The first kappa shape index (κ1) is 7.24. The van der Waals surface area contributed by atoms with E-state index in [9.17, 15) is 5.11 Å². The van der Waals surface area contributed by atoms with E-state index in [0.717, 1.165) is 0 Å². The summed E-state index contributed by atoms with van der Waals surface area (Å²) in [7, 11) is 0. The van der Waals surface area contributed by atoms with Crippen molar-refractivity contribution in [1.29, 1.82) is 0 Å². The van der Waals surface area contributed by atoms with Gasteiger partial charge in [0.15, 0.2) is 0 Å². The molecule has 0 fully saturated rings. The van der Waals surface area contributed by atoms with Crippen LogP contribution in [0.15, 0.2) is 24.7 Å². The number of rotatable bonds is 1. The highest BCUT2D eigenvalue weighted by Crippen LogP contribution is 2.08. The summed E-state index contributed by atoms with van der Waals surface area (Å²) in [5.41, 5.74) is 0.647. The van der Waals surface area contributed by atoms with Gasteiger partial charge in [0.05, 0.1) is 11.8 Å². The van der Waals surface area contributed by atoms with Crippen LogP contribution in [0.25, 0.3) is 5.78 Å². The lowest BCUT2D eigenvalue weighted by Crippen LogP contribution is -1.97. The lowest BCUT2D eigenvalue weighted by atomic mass is 10.3. The summed E-state index contributed by atoms with van der Waals surface area (Å²) in [5, 5.41) is 9.22. The predicted octanol–water partition coefficient (Wildman–Crippen LogP) is 0.783. The third-order valence-electron chi connectivity index (χ3n) is 1.71. The zero-order chi connectivity index (χ0) is 8.55. The first-order chi connectivity index (χ1) is 5.77. The first-order valence-electron chi connectivity index (χ1n) is 3.75. The maximum atomic E-state index is 9.22. The van der Waals surface area contributed by atoms with Gasteiger partial charge in [-0.1, -0.05) is 0 Å². The molecule has 2 heterocycles. The van der Waals surface area contributed by atoms with Gasteiger partial charge < -0.3 is 5.11 Å². The molecule has 0 aliphatic carbocycles. The average molecular weight is 163 g/mol. The molecular weight excluding hydrogens is 154 g/mol. The molecule has 0 saturated heterocycles. The monoisotopic (exact) mass is 163 g/mol. The van der Waals surface area contributed by atoms with Crippen molar-refractivity contribution < 1.29 is 5.11 Å². The van der Waals surface area contributed by atoms with E-state index in [2.05, 4.69) is 9.97 Å². The van der Waals surface area contributed by atoms with Crippen molar-refractivity contribution in [2.45, 2.75) is 13.0 Å². The Bertz CT molecular complexity index is 394. The molecule has 1 N–H and O–H groups in total. The Balaban J connectivity index is 2.60. The molecule has 2 rings (SSSR count). The topological polar surface area (TPSA) is 50.4 Å². The van der Waals surface area contributed by atoms with Crippen LogP contribution in [0.3, 0.4) is 0 Å². The molecule has 12 heavy (non-hydrogen) atoms. The van der Waals surface area contributed by atoms with Crippen molar-refractivity contribution in [2.75, 3.05) is 0 Å². The van der Waals surface area contributed by atoms with Crippen LogP contribution in [0, 0.1) is 0 Å². The molecule has 62 valence electrons. The van der Waals surface area contributed by atoms with E-state index < -0.39 is 6.10 Å². The van der Waals surface area contributed by atoms with Gasteiger partial charge >= 0.3 is 0 Å². The van der Waals surface area contributed by atoms with Crippen LogP contribution in [0.5, 0.6) is 0 Å². The van der Waals surface area contributed by atoms with Crippen LogP contribution < -0.4 is 0 Å². The van der Waals surface area contributed by atoms with Gasteiger partial charge in [0, 0.05) is 18.6 Å². The Kier molecular flexibility index (Phi) is 1.55. The van der Waals surface area contributed by atoms with Gasteiger partial charge in [-0.3, -0.25) is 4.40 Å². The van der Waals surface area contributed by atoms with Crippen LogP contribution >= 0.6 is 0 Å². The minimum Gasteiger partial charge on any atom is -0.387 e. The summed E-state index contributed by atoms with van der Waals surface area (Å²) in [5.74, 6) is 0.619. The van der Waals surface area contributed by atoms with Crippen molar-refractivity contribution >= 4 is 5.78 Å². The van der Waals surface area contributed by atoms with Crippen molar-refractivity contribution in [3.8, 4) is 0 Å².